The first kappa shape index (κ1) is 25.2. The lowest BCUT2D eigenvalue weighted by molar-refractivity contribution is -0.142. The Morgan fingerprint density at radius 2 is 1.64 bits per heavy atom. The zero-order valence-electron chi connectivity index (χ0n) is 21.0. The molecule has 36 heavy (non-hydrogen) atoms. The number of amides is 2. The molecule has 0 aliphatic heterocycles. The van der Waals surface area contributed by atoms with Gasteiger partial charge in [-0.3, -0.25) is 0 Å². The van der Waals surface area contributed by atoms with E-state index in [1.807, 2.05) is 73.6 Å². The number of para-hydroxylation sites is 1. The molecule has 1 atom stereocenters. The molecule has 1 aliphatic carbocycles. The molecule has 1 aliphatic rings. The SMILES string of the molecule is COC(=O)C(Cc1ccccc1)NC(=O)NC1CCC(Nc2nc(N(C)C)c3ccccc3n2)CC1. The highest BCUT2D eigenvalue weighted by Gasteiger charge is 2.26. The number of rotatable bonds is 8. The topological polar surface area (TPSA) is 108 Å². The summed E-state index contributed by atoms with van der Waals surface area (Å²) in [5.74, 6) is 1.04. The molecule has 3 aromatic rings. The maximum atomic E-state index is 12.7. The summed E-state index contributed by atoms with van der Waals surface area (Å²) in [6, 6.07) is 16.7. The van der Waals surface area contributed by atoms with E-state index in [1.165, 1.54) is 7.11 Å². The van der Waals surface area contributed by atoms with Crippen LogP contribution in [0.1, 0.15) is 31.2 Å². The van der Waals surface area contributed by atoms with Gasteiger partial charge < -0.3 is 25.6 Å². The van der Waals surface area contributed by atoms with Crippen LogP contribution < -0.4 is 20.9 Å². The number of fused-ring (bicyclic) bond motifs is 1. The van der Waals surface area contributed by atoms with Gasteiger partial charge in [-0.25, -0.2) is 14.6 Å². The summed E-state index contributed by atoms with van der Waals surface area (Å²) in [6.45, 7) is 0. The predicted molar refractivity (Wildman–Crippen MR) is 141 cm³/mol. The van der Waals surface area contributed by atoms with Crippen molar-refractivity contribution in [3.05, 3.63) is 60.2 Å². The van der Waals surface area contributed by atoms with Crippen LogP contribution in [0.5, 0.6) is 0 Å². The van der Waals surface area contributed by atoms with Gasteiger partial charge in [0.1, 0.15) is 11.9 Å². The Kier molecular flexibility index (Phi) is 8.20. The Morgan fingerprint density at radius 3 is 2.33 bits per heavy atom. The number of anilines is 2. The van der Waals surface area contributed by atoms with E-state index in [-0.39, 0.29) is 18.1 Å². The Labute approximate surface area is 211 Å². The van der Waals surface area contributed by atoms with Crippen molar-refractivity contribution in [1.82, 2.24) is 20.6 Å². The highest BCUT2D eigenvalue weighted by molar-refractivity contribution is 5.90. The molecule has 190 valence electrons. The number of carbonyl (C=O) groups excluding carboxylic acids is 2. The molecule has 2 aromatic carbocycles. The molecule has 3 N–H and O–H groups in total. The summed E-state index contributed by atoms with van der Waals surface area (Å²) in [5.41, 5.74) is 1.86. The van der Waals surface area contributed by atoms with Gasteiger partial charge in [0.2, 0.25) is 5.95 Å². The first-order valence-corrected chi connectivity index (χ1v) is 12.3. The van der Waals surface area contributed by atoms with Gasteiger partial charge in [0, 0.05) is 38.0 Å². The summed E-state index contributed by atoms with van der Waals surface area (Å²) >= 11 is 0. The Morgan fingerprint density at radius 1 is 0.972 bits per heavy atom. The van der Waals surface area contributed by atoms with Crippen molar-refractivity contribution in [3.63, 3.8) is 0 Å². The smallest absolute Gasteiger partial charge is 0.328 e. The van der Waals surface area contributed by atoms with Crippen molar-refractivity contribution in [2.75, 3.05) is 31.4 Å². The number of nitrogens with zero attached hydrogens (tertiary/aromatic N) is 3. The largest absolute Gasteiger partial charge is 0.467 e. The van der Waals surface area contributed by atoms with Crippen molar-refractivity contribution in [3.8, 4) is 0 Å². The second kappa shape index (κ2) is 11.7. The lowest BCUT2D eigenvalue weighted by Crippen LogP contribution is -2.51. The van der Waals surface area contributed by atoms with E-state index in [4.69, 9.17) is 14.7 Å². The summed E-state index contributed by atoms with van der Waals surface area (Å²) in [7, 11) is 5.28. The van der Waals surface area contributed by atoms with Gasteiger partial charge in [0.05, 0.1) is 12.6 Å². The number of ether oxygens (including phenoxy) is 1. The maximum absolute atomic E-state index is 12.7. The Hall–Kier alpha value is -3.88. The number of esters is 1. The fourth-order valence-electron chi connectivity index (χ4n) is 4.60. The van der Waals surface area contributed by atoms with E-state index < -0.39 is 12.0 Å². The van der Waals surface area contributed by atoms with Gasteiger partial charge in [-0.05, 0) is 43.4 Å². The molecule has 2 amide bonds. The van der Waals surface area contributed by atoms with Crippen molar-refractivity contribution in [1.29, 1.82) is 0 Å². The van der Waals surface area contributed by atoms with E-state index >= 15 is 0 Å². The van der Waals surface area contributed by atoms with E-state index in [1.54, 1.807) is 0 Å². The minimum atomic E-state index is -0.744. The predicted octanol–water partition coefficient (Wildman–Crippen LogP) is 3.50. The molecule has 0 radical (unpaired) electrons. The third-order valence-corrected chi connectivity index (χ3v) is 6.48. The number of benzene rings is 2. The van der Waals surface area contributed by atoms with E-state index in [0.29, 0.717) is 12.4 Å². The number of hydrogen-bond acceptors (Lipinski definition) is 7. The van der Waals surface area contributed by atoms with Crippen LogP contribution >= 0.6 is 0 Å². The molecular weight excluding hydrogens is 456 g/mol. The molecule has 1 fully saturated rings. The van der Waals surface area contributed by atoms with Gasteiger partial charge in [-0.2, -0.15) is 4.98 Å². The van der Waals surface area contributed by atoms with Crippen LogP contribution in [-0.2, 0) is 16.0 Å². The Bertz CT molecular complexity index is 1180. The minimum Gasteiger partial charge on any atom is -0.467 e. The van der Waals surface area contributed by atoms with Gasteiger partial charge >= 0.3 is 12.0 Å². The first-order chi connectivity index (χ1) is 17.4. The van der Waals surface area contributed by atoms with Crippen molar-refractivity contribution in [2.24, 2.45) is 0 Å². The van der Waals surface area contributed by atoms with Gasteiger partial charge in [0.25, 0.3) is 0 Å². The molecule has 0 bridgehead atoms. The minimum absolute atomic E-state index is 0.0351. The van der Waals surface area contributed by atoms with Gasteiger partial charge in [0.15, 0.2) is 0 Å². The van der Waals surface area contributed by atoms with Crippen LogP contribution in [-0.4, -0.2) is 61.3 Å². The number of aromatic nitrogens is 2. The molecule has 1 unspecified atom stereocenters. The number of urea groups is 1. The molecule has 9 nitrogen and oxygen atoms in total. The number of hydrogen-bond donors (Lipinski definition) is 3. The van der Waals surface area contributed by atoms with Crippen molar-refractivity contribution < 1.29 is 14.3 Å². The fourth-order valence-corrected chi connectivity index (χ4v) is 4.60. The van der Waals surface area contributed by atoms with Crippen LogP contribution in [0.15, 0.2) is 54.6 Å². The second-order valence-corrected chi connectivity index (χ2v) is 9.36. The summed E-state index contributed by atoms with van der Waals surface area (Å²) in [4.78, 5) is 36.3. The quantitative estimate of drug-likeness (QED) is 0.415. The lowest BCUT2D eigenvalue weighted by Gasteiger charge is -2.30. The monoisotopic (exact) mass is 490 g/mol. The van der Waals surface area contributed by atoms with E-state index in [2.05, 4.69) is 16.0 Å². The molecule has 9 heteroatoms. The fraction of sp³-hybridized carbons (Fsp3) is 0.407. The van der Waals surface area contributed by atoms with E-state index in [9.17, 15) is 9.59 Å². The second-order valence-electron chi connectivity index (χ2n) is 9.36. The first-order valence-electron chi connectivity index (χ1n) is 12.3. The molecule has 1 aromatic heterocycles. The zero-order valence-corrected chi connectivity index (χ0v) is 21.0. The number of carbonyl (C=O) groups is 2. The van der Waals surface area contributed by atoms with Crippen molar-refractivity contribution >= 4 is 34.7 Å². The van der Waals surface area contributed by atoms with Gasteiger partial charge in [-0.1, -0.05) is 42.5 Å². The molecule has 0 saturated heterocycles. The van der Waals surface area contributed by atoms with Crippen LogP contribution in [0.25, 0.3) is 10.9 Å². The zero-order chi connectivity index (χ0) is 25.5. The summed E-state index contributed by atoms with van der Waals surface area (Å²) < 4.78 is 4.89. The van der Waals surface area contributed by atoms with Crippen LogP contribution in [0.2, 0.25) is 0 Å². The Balaban J connectivity index is 1.30. The third-order valence-electron chi connectivity index (χ3n) is 6.48. The van der Waals surface area contributed by atoms with Crippen molar-refractivity contribution in [2.45, 2.75) is 50.2 Å². The third kappa shape index (κ3) is 6.41. The highest BCUT2D eigenvalue weighted by atomic mass is 16.5. The van der Waals surface area contributed by atoms with Gasteiger partial charge in [-0.15, -0.1) is 0 Å². The number of methoxy groups -OCH3 is 1. The van der Waals surface area contributed by atoms with Crippen LogP contribution in [0.4, 0.5) is 16.6 Å². The lowest BCUT2D eigenvalue weighted by atomic mass is 9.91. The average Bonchev–Trinajstić information content (AvgIpc) is 2.89. The molecule has 1 heterocycles. The van der Waals surface area contributed by atoms with E-state index in [0.717, 1.165) is 48.0 Å². The molecule has 0 spiro atoms. The maximum Gasteiger partial charge on any atom is 0.328 e. The number of nitrogens with one attached hydrogen (secondary N) is 3. The average molecular weight is 491 g/mol. The summed E-state index contributed by atoms with van der Waals surface area (Å²) in [5, 5.41) is 10.3. The van der Waals surface area contributed by atoms with Crippen LogP contribution in [0.3, 0.4) is 0 Å². The molecule has 4 rings (SSSR count). The normalized spacial score (nSPS) is 18.2. The molecule has 1 saturated carbocycles. The van der Waals surface area contributed by atoms with Crippen LogP contribution in [0, 0.1) is 0 Å². The standard InChI is InChI=1S/C27H34N6O3/c1-33(2)24-21-11-7-8-12-22(21)30-26(32-24)28-19-13-15-20(16-14-19)29-27(35)31-23(25(34)36-3)17-18-9-5-4-6-10-18/h4-12,19-20,23H,13-17H2,1-3H3,(H,28,30,32)(H2,29,31,35). The highest BCUT2D eigenvalue weighted by Crippen LogP contribution is 2.26. The summed E-state index contributed by atoms with van der Waals surface area (Å²) in [6.07, 6.45) is 3.77. The molecular formula is C27H34N6O3.